The predicted molar refractivity (Wildman–Crippen MR) is 69.4 cm³/mol. The van der Waals surface area contributed by atoms with Gasteiger partial charge in [0.15, 0.2) is 6.61 Å². The van der Waals surface area contributed by atoms with E-state index in [4.69, 9.17) is 15.3 Å². The number of nitrogens with two attached hydrogens (primary N) is 1. The molecule has 0 spiro atoms. The summed E-state index contributed by atoms with van der Waals surface area (Å²) < 4.78 is 10.3. The highest BCUT2D eigenvalue weighted by Crippen LogP contribution is 2.14. The summed E-state index contributed by atoms with van der Waals surface area (Å²) in [5.74, 6) is 4.53. The summed E-state index contributed by atoms with van der Waals surface area (Å²) in [6, 6.07) is 6.35. The van der Waals surface area contributed by atoms with Gasteiger partial charge in [-0.05, 0) is 39.0 Å². The summed E-state index contributed by atoms with van der Waals surface area (Å²) >= 11 is 0. The number of hydrogen-bond donors (Lipinski definition) is 2. The number of hydrazine groups is 1. The Bertz CT molecular complexity index is 466. The van der Waals surface area contributed by atoms with Crippen molar-refractivity contribution in [2.75, 3.05) is 6.61 Å². The molecule has 0 aliphatic carbocycles. The topological polar surface area (TPSA) is 90.6 Å². The Morgan fingerprint density at radius 1 is 1.32 bits per heavy atom. The number of ether oxygens (including phenoxy) is 2. The molecule has 1 amide bonds. The summed E-state index contributed by atoms with van der Waals surface area (Å²) in [5.41, 5.74) is 1.82. The van der Waals surface area contributed by atoms with Crippen LogP contribution in [0.2, 0.25) is 0 Å². The lowest BCUT2D eigenvalue weighted by molar-refractivity contribution is -0.157. The van der Waals surface area contributed by atoms with Crippen LogP contribution in [0.15, 0.2) is 24.3 Å². The van der Waals surface area contributed by atoms with E-state index < -0.39 is 17.5 Å². The van der Waals surface area contributed by atoms with Gasteiger partial charge in [0.1, 0.15) is 11.4 Å². The van der Waals surface area contributed by atoms with Crippen LogP contribution in [-0.4, -0.2) is 24.1 Å². The molecule has 0 fully saturated rings. The first-order chi connectivity index (χ1) is 8.81. The predicted octanol–water partition coefficient (Wildman–Crippen LogP) is 1.01. The Balaban J connectivity index is 2.59. The molecule has 0 radical (unpaired) electrons. The second-order valence-electron chi connectivity index (χ2n) is 4.88. The highest BCUT2D eigenvalue weighted by molar-refractivity contribution is 5.94. The van der Waals surface area contributed by atoms with E-state index >= 15 is 0 Å². The number of nitrogen functional groups attached to an aromatic ring is 1. The van der Waals surface area contributed by atoms with Crippen LogP contribution in [0.25, 0.3) is 0 Å². The van der Waals surface area contributed by atoms with Gasteiger partial charge in [-0.1, -0.05) is 6.07 Å². The van der Waals surface area contributed by atoms with Gasteiger partial charge in [-0.25, -0.2) is 10.6 Å². The van der Waals surface area contributed by atoms with Gasteiger partial charge in [-0.3, -0.25) is 10.2 Å². The largest absolute Gasteiger partial charge is 0.482 e. The molecule has 0 aliphatic heterocycles. The molecular weight excluding hydrogens is 248 g/mol. The Morgan fingerprint density at radius 2 is 2.00 bits per heavy atom. The highest BCUT2D eigenvalue weighted by atomic mass is 16.6. The number of amides is 1. The summed E-state index contributed by atoms with van der Waals surface area (Å²) in [4.78, 5) is 22.8. The van der Waals surface area contributed by atoms with Crippen molar-refractivity contribution < 1.29 is 19.1 Å². The minimum absolute atomic E-state index is 0.217. The SMILES string of the molecule is CC(C)(C)OC(=O)COc1cccc(C(=O)NN)c1. The normalized spacial score (nSPS) is 10.7. The van der Waals surface area contributed by atoms with Crippen LogP contribution >= 0.6 is 0 Å². The molecule has 1 aromatic rings. The molecule has 0 bridgehead atoms. The molecule has 0 atom stereocenters. The van der Waals surface area contributed by atoms with Gasteiger partial charge in [0, 0.05) is 5.56 Å². The molecule has 0 aromatic heterocycles. The summed E-state index contributed by atoms with van der Waals surface area (Å²) in [7, 11) is 0. The van der Waals surface area contributed by atoms with Gasteiger partial charge in [-0.2, -0.15) is 0 Å². The lowest BCUT2D eigenvalue weighted by Gasteiger charge is -2.19. The third kappa shape index (κ3) is 5.39. The van der Waals surface area contributed by atoms with Gasteiger partial charge >= 0.3 is 5.97 Å². The molecule has 6 nitrogen and oxygen atoms in total. The smallest absolute Gasteiger partial charge is 0.344 e. The van der Waals surface area contributed by atoms with E-state index in [1.165, 1.54) is 6.07 Å². The van der Waals surface area contributed by atoms with Crippen LogP contribution in [0.5, 0.6) is 5.75 Å². The van der Waals surface area contributed by atoms with Crippen LogP contribution in [0.3, 0.4) is 0 Å². The second kappa shape index (κ2) is 6.19. The van der Waals surface area contributed by atoms with Crippen molar-refractivity contribution in [1.82, 2.24) is 5.43 Å². The van der Waals surface area contributed by atoms with Crippen molar-refractivity contribution in [1.29, 1.82) is 0 Å². The van der Waals surface area contributed by atoms with Crippen LogP contribution in [0, 0.1) is 0 Å². The van der Waals surface area contributed by atoms with Gasteiger partial charge in [0.05, 0.1) is 0 Å². The molecule has 0 aliphatic rings. The Labute approximate surface area is 111 Å². The van der Waals surface area contributed by atoms with Gasteiger partial charge < -0.3 is 9.47 Å². The van der Waals surface area contributed by atoms with Crippen molar-refractivity contribution in [2.45, 2.75) is 26.4 Å². The molecule has 0 heterocycles. The number of rotatable bonds is 4. The number of benzene rings is 1. The van der Waals surface area contributed by atoms with Gasteiger partial charge in [-0.15, -0.1) is 0 Å². The average Bonchev–Trinajstić information content (AvgIpc) is 2.34. The maximum absolute atomic E-state index is 11.5. The minimum Gasteiger partial charge on any atom is -0.482 e. The highest BCUT2D eigenvalue weighted by Gasteiger charge is 2.16. The first-order valence-corrected chi connectivity index (χ1v) is 5.77. The standard InChI is InChI=1S/C13H18N2O4/c1-13(2,3)19-11(16)8-18-10-6-4-5-9(7-10)12(17)15-14/h4-7H,8,14H2,1-3H3,(H,15,17). The van der Waals surface area contributed by atoms with Crippen molar-refractivity contribution in [2.24, 2.45) is 5.84 Å². The molecular formula is C13H18N2O4. The van der Waals surface area contributed by atoms with Crippen molar-refractivity contribution in [3.63, 3.8) is 0 Å². The molecule has 3 N–H and O–H groups in total. The molecule has 0 saturated carbocycles. The molecule has 19 heavy (non-hydrogen) atoms. The fraction of sp³-hybridized carbons (Fsp3) is 0.385. The van der Waals surface area contributed by atoms with E-state index in [9.17, 15) is 9.59 Å². The molecule has 104 valence electrons. The van der Waals surface area contributed by atoms with E-state index in [1.807, 2.05) is 5.43 Å². The summed E-state index contributed by atoms with van der Waals surface area (Å²) in [6.07, 6.45) is 0. The maximum Gasteiger partial charge on any atom is 0.344 e. The molecule has 1 aromatic carbocycles. The maximum atomic E-state index is 11.5. The molecule has 6 heteroatoms. The van der Waals surface area contributed by atoms with E-state index in [1.54, 1.807) is 39.0 Å². The van der Waals surface area contributed by atoms with Gasteiger partial charge in [0.25, 0.3) is 5.91 Å². The monoisotopic (exact) mass is 266 g/mol. The second-order valence-corrected chi connectivity index (χ2v) is 4.88. The summed E-state index contributed by atoms with van der Waals surface area (Å²) in [5, 5.41) is 0. The zero-order valence-corrected chi connectivity index (χ0v) is 11.2. The third-order valence-electron chi connectivity index (χ3n) is 2.00. The van der Waals surface area contributed by atoms with E-state index in [0.29, 0.717) is 11.3 Å². The zero-order chi connectivity index (χ0) is 14.5. The lowest BCUT2D eigenvalue weighted by atomic mass is 10.2. The van der Waals surface area contributed by atoms with Crippen molar-refractivity contribution >= 4 is 11.9 Å². The average molecular weight is 266 g/mol. The van der Waals surface area contributed by atoms with Crippen LogP contribution in [0.4, 0.5) is 0 Å². The number of nitrogens with one attached hydrogen (secondary N) is 1. The third-order valence-corrected chi connectivity index (χ3v) is 2.00. The number of carbonyl (C=O) groups is 2. The molecule has 0 unspecified atom stereocenters. The Morgan fingerprint density at radius 3 is 2.58 bits per heavy atom. The first kappa shape index (κ1) is 15.0. The van der Waals surface area contributed by atoms with Crippen LogP contribution < -0.4 is 16.0 Å². The molecule has 0 saturated heterocycles. The van der Waals surface area contributed by atoms with E-state index in [-0.39, 0.29) is 6.61 Å². The first-order valence-electron chi connectivity index (χ1n) is 5.77. The number of carbonyl (C=O) groups excluding carboxylic acids is 2. The van der Waals surface area contributed by atoms with Crippen molar-refractivity contribution in [3.05, 3.63) is 29.8 Å². The number of hydrogen-bond acceptors (Lipinski definition) is 5. The van der Waals surface area contributed by atoms with Crippen molar-refractivity contribution in [3.8, 4) is 5.75 Å². The van der Waals surface area contributed by atoms with Gasteiger partial charge in [0.2, 0.25) is 0 Å². The van der Waals surface area contributed by atoms with Crippen LogP contribution in [-0.2, 0) is 9.53 Å². The van der Waals surface area contributed by atoms with Crippen LogP contribution in [0.1, 0.15) is 31.1 Å². The Hall–Kier alpha value is -2.08. The van der Waals surface area contributed by atoms with E-state index in [2.05, 4.69) is 0 Å². The zero-order valence-electron chi connectivity index (χ0n) is 11.2. The quantitative estimate of drug-likeness (QED) is 0.367. The van der Waals surface area contributed by atoms with E-state index in [0.717, 1.165) is 0 Å². The fourth-order valence-corrected chi connectivity index (χ4v) is 1.32. The lowest BCUT2D eigenvalue weighted by Crippen LogP contribution is -2.30. The number of esters is 1. The minimum atomic E-state index is -0.554. The summed E-state index contributed by atoms with van der Waals surface area (Å²) in [6.45, 7) is 5.11. The Kier molecular flexibility index (Phi) is 4.88. The molecule has 1 rings (SSSR count). The fourth-order valence-electron chi connectivity index (χ4n) is 1.32.